The third-order valence-corrected chi connectivity index (χ3v) is 3.21. The van der Waals surface area contributed by atoms with Gasteiger partial charge in [-0.05, 0) is 52.2 Å². The lowest BCUT2D eigenvalue weighted by molar-refractivity contribution is 0.0527. The molecule has 130 valence electrons. The van der Waals surface area contributed by atoms with Gasteiger partial charge in [-0.2, -0.15) is 0 Å². The van der Waals surface area contributed by atoms with Gasteiger partial charge < -0.3 is 19.9 Å². The minimum atomic E-state index is -0.502. The van der Waals surface area contributed by atoms with Gasteiger partial charge in [0.1, 0.15) is 17.5 Å². The Hall–Kier alpha value is -1.46. The number of ether oxygens (including phenoxy) is 2. The van der Waals surface area contributed by atoms with Crippen LogP contribution in [-0.4, -0.2) is 36.1 Å². The van der Waals surface area contributed by atoms with Crippen molar-refractivity contribution in [2.24, 2.45) is 0 Å². The van der Waals surface area contributed by atoms with Crippen molar-refractivity contribution in [2.75, 3.05) is 13.2 Å². The molecule has 1 atom stereocenters. The summed E-state index contributed by atoms with van der Waals surface area (Å²) in [5, 5.41) is 12.4. The van der Waals surface area contributed by atoms with Crippen LogP contribution in [0.1, 0.15) is 39.7 Å². The molecule has 0 heterocycles. The number of amides is 1. The van der Waals surface area contributed by atoms with Gasteiger partial charge in [0.25, 0.3) is 0 Å². The molecule has 1 aromatic carbocycles. The van der Waals surface area contributed by atoms with E-state index in [4.69, 9.17) is 26.2 Å². The van der Waals surface area contributed by atoms with Gasteiger partial charge in [0.2, 0.25) is 0 Å². The van der Waals surface area contributed by atoms with E-state index >= 15 is 0 Å². The predicted molar refractivity (Wildman–Crippen MR) is 91.2 cm³/mol. The molecule has 0 aliphatic carbocycles. The number of alkyl carbamates (subject to hydrolysis) is 1. The molecular weight excluding hydrogens is 318 g/mol. The Morgan fingerprint density at radius 3 is 2.70 bits per heavy atom. The number of aliphatic hydroxyl groups excluding tert-OH is 1. The van der Waals surface area contributed by atoms with Gasteiger partial charge >= 0.3 is 6.09 Å². The Labute approximate surface area is 142 Å². The minimum Gasteiger partial charge on any atom is -0.486 e. The van der Waals surface area contributed by atoms with Crippen LogP contribution in [0.25, 0.3) is 0 Å². The van der Waals surface area contributed by atoms with Crippen LogP contribution in [0, 0.1) is 0 Å². The van der Waals surface area contributed by atoms with Crippen LogP contribution in [0.3, 0.4) is 0 Å². The minimum absolute atomic E-state index is 0.0785. The summed E-state index contributed by atoms with van der Waals surface area (Å²) >= 11 is 6.17. The molecule has 0 spiro atoms. The molecule has 1 amide bonds. The van der Waals surface area contributed by atoms with Gasteiger partial charge in [-0.3, -0.25) is 0 Å². The summed E-state index contributed by atoms with van der Waals surface area (Å²) in [6.07, 6.45) is 0.676. The second-order valence-corrected chi connectivity index (χ2v) is 6.78. The molecule has 0 aliphatic heterocycles. The molecule has 0 fully saturated rings. The third-order valence-electron chi connectivity index (χ3n) is 2.92. The molecule has 1 aromatic rings. The van der Waals surface area contributed by atoms with Crippen LogP contribution in [0.2, 0.25) is 5.02 Å². The summed E-state index contributed by atoms with van der Waals surface area (Å²) < 4.78 is 10.9. The number of rotatable bonds is 7. The molecule has 0 bridgehead atoms. The molecule has 0 radical (unpaired) electrons. The highest BCUT2D eigenvalue weighted by molar-refractivity contribution is 6.32. The number of halogens is 1. The Morgan fingerprint density at radius 2 is 2.09 bits per heavy atom. The summed E-state index contributed by atoms with van der Waals surface area (Å²) in [5.74, 6) is 0.591. The van der Waals surface area contributed by atoms with E-state index in [2.05, 4.69) is 5.32 Å². The average Bonchev–Trinajstić information content (AvgIpc) is 2.44. The third kappa shape index (κ3) is 7.57. The first-order valence-corrected chi connectivity index (χ1v) is 8.12. The van der Waals surface area contributed by atoms with Crippen LogP contribution in [-0.2, 0) is 11.2 Å². The smallest absolute Gasteiger partial charge is 0.407 e. The molecule has 0 saturated heterocycles. The lowest BCUT2D eigenvalue weighted by Gasteiger charge is -2.20. The molecule has 0 saturated carbocycles. The zero-order valence-electron chi connectivity index (χ0n) is 14.2. The van der Waals surface area contributed by atoms with Crippen molar-refractivity contribution in [3.63, 3.8) is 0 Å². The van der Waals surface area contributed by atoms with E-state index in [0.717, 1.165) is 12.0 Å². The van der Waals surface area contributed by atoms with E-state index in [1.54, 1.807) is 13.0 Å². The van der Waals surface area contributed by atoms with Gasteiger partial charge in [0.15, 0.2) is 0 Å². The fourth-order valence-electron chi connectivity index (χ4n) is 1.90. The molecule has 6 heteroatoms. The van der Waals surface area contributed by atoms with E-state index in [1.165, 1.54) is 0 Å². The number of benzene rings is 1. The van der Waals surface area contributed by atoms with Crippen molar-refractivity contribution in [3.05, 3.63) is 28.8 Å². The van der Waals surface area contributed by atoms with Crippen molar-refractivity contribution in [3.8, 4) is 5.75 Å². The van der Waals surface area contributed by atoms with Crippen molar-refractivity contribution >= 4 is 17.7 Å². The van der Waals surface area contributed by atoms with E-state index in [9.17, 15) is 4.79 Å². The fourth-order valence-corrected chi connectivity index (χ4v) is 2.14. The zero-order chi connectivity index (χ0) is 17.5. The maximum atomic E-state index is 11.6. The Morgan fingerprint density at radius 1 is 1.39 bits per heavy atom. The average molecular weight is 344 g/mol. The lowest BCUT2D eigenvalue weighted by Crippen LogP contribution is -2.33. The van der Waals surface area contributed by atoms with Crippen LogP contribution in [0.5, 0.6) is 5.75 Å². The second-order valence-electron chi connectivity index (χ2n) is 6.37. The summed E-state index contributed by atoms with van der Waals surface area (Å²) in [7, 11) is 0. The zero-order valence-corrected chi connectivity index (χ0v) is 14.9. The maximum Gasteiger partial charge on any atom is 0.407 e. The molecule has 5 nitrogen and oxygen atoms in total. The van der Waals surface area contributed by atoms with Gasteiger partial charge in [0.05, 0.1) is 11.6 Å². The summed E-state index contributed by atoms with van der Waals surface area (Å²) in [6.45, 7) is 7.66. The van der Waals surface area contributed by atoms with Crippen LogP contribution < -0.4 is 10.1 Å². The first-order chi connectivity index (χ1) is 10.7. The molecule has 0 unspecified atom stereocenters. The topological polar surface area (TPSA) is 67.8 Å². The first kappa shape index (κ1) is 19.6. The molecule has 0 aliphatic rings. The van der Waals surface area contributed by atoms with Crippen molar-refractivity contribution in [2.45, 2.75) is 52.2 Å². The number of hydrogen-bond donors (Lipinski definition) is 2. The van der Waals surface area contributed by atoms with E-state index in [-0.39, 0.29) is 12.7 Å². The predicted octanol–water partition coefficient (Wildman–Crippen LogP) is 3.56. The van der Waals surface area contributed by atoms with Gasteiger partial charge in [-0.15, -0.1) is 0 Å². The molecule has 23 heavy (non-hydrogen) atoms. The van der Waals surface area contributed by atoms with E-state index < -0.39 is 11.7 Å². The van der Waals surface area contributed by atoms with Gasteiger partial charge in [0, 0.05) is 6.54 Å². The highest BCUT2D eigenvalue weighted by Crippen LogP contribution is 2.30. The molecule has 1 rings (SSSR count). The van der Waals surface area contributed by atoms with Gasteiger partial charge in [-0.1, -0.05) is 23.7 Å². The number of carbonyl (C=O) groups excluding carboxylic acids is 1. The Bertz CT molecular complexity index is 514. The highest BCUT2D eigenvalue weighted by atomic mass is 35.5. The number of aryl methyl sites for hydroxylation is 1. The van der Waals surface area contributed by atoms with Gasteiger partial charge in [-0.25, -0.2) is 4.79 Å². The lowest BCUT2D eigenvalue weighted by atomic mass is 10.1. The van der Waals surface area contributed by atoms with Crippen LogP contribution >= 0.6 is 11.6 Å². The van der Waals surface area contributed by atoms with Crippen molar-refractivity contribution in [1.29, 1.82) is 0 Å². The number of nitrogens with one attached hydrogen (secondary N) is 1. The molecule has 2 N–H and O–H groups in total. The summed E-state index contributed by atoms with van der Waals surface area (Å²) in [6, 6.07) is 5.54. The summed E-state index contributed by atoms with van der Waals surface area (Å²) in [5.41, 5.74) is 0.446. The number of para-hydroxylation sites is 1. The largest absolute Gasteiger partial charge is 0.486 e. The normalized spacial score (nSPS) is 12.6. The first-order valence-electron chi connectivity index (χ1n) is 7.74. The van der Waals surface area contributed by atoms with Crippen LogP contribution in [0.15, 0.2) is 18.2 Å². The Balaban J connectivity index is 2.52. The fraction of sp³-hybridized carbons (Fsp3) is 0.588. The highest BCUT2D eigenvalue weighted by Gasteiger charge is 2.16. The standard InChI is InChI=1S/C17H26ClNO4/c1-12(11-20)22-15-13(7-5-9-14(15)18)8-6-10-19-16(21)23-17(2,3)4/h5,7,9,12,20H,6,8,10-11H2,1-4H3,(H,19,21)/t12-/m0/s1. The second kappa shape index (κ2) is 8.99. The van der Waals surface area contributed by atoms with Crippen LogP contribution in [0.4, 0.5) is 4.79 Å². The number of carbonyl (C=O) groups is 1. The quantitative estimate of drug-likeness (QED) is 0.743. The number of hydrogen-bond acceptors (Lipinski definition) is 4. The summed E-state index contributed by atoms with van der Waals surface area (Å²) in [4.78, 5) is 11.6. The number of aliphatic hydroxyl groups is 1. The Kier molecular flexibility index (Phi) is 7.65. The van der Waals surface area contributed by atoms with Crippen molar-refractivity contribution in [1.82, 2.24) is 5.32 Å². The molecule has 0 aromatic heterocycles. The monoisotopic (exact) mass is 343 g/mol. The SMILES string of the molecule is C[C@@H](CO)Oc1c(Cl)cccc1CCCNC(=O)OC(C)(C)C. The van der Waals surface area contributed by atoms with Crippen molar-refractivity contribution < 1.29 is 19.4 Å². The van der Waals surface area contributed by atoms with E-state index in [0.29, 0.717) is 23.7 Å². The van der Waals surface area contributed by atoms with E-state index in [1.807, 2.05) is 32.9 Å². The maximum absolute atomic E-state index is 11.6. The molecular formula is C17H26ClNO4.